The molecule has 10 heteroatoms. The number of nitrogens with one attached hydrogen (secondary N) is 1. The van der Waals surface area contributed by atoms with Gasteiger partial charge in [0.25, 0.3) is 11.8 Å². The molecule has 3 rings (SSSR count). The minimum atomic E-state index is -2.94. The molecule has 1 unspecified atom stereocenters. The van der Waals surface area contributed by atoms with Crippen LogP contribution < -0.4 is 5.32 Å². The third-order valence-corrected chi connectivity index (χ3v) is 5.16. The fourth-order valence-electron chi connectivity index (χ4n) is 3.65. The zero-order chi connectivity index (χ0) is 22.3. The summed E-state index contributed by atoms with van der Waals surface area (Å²) in [6.45, 7) is 0.139. The Bertz CT molecular complexity index is 875. The van der Waals surface area contributed by atoms with Crippen LogP contribution in [-0.4, -0.2) is 70.5 Å². The number of likely N-dealkylation sites (tertiary alicyclic amines) is 1. The number of nitrogens with zero attached hydrogens (tertiary/aromatic N) is 4. The molecule has 0 bridgehead atoms. The Labute approximate surface area is 179 Å². The molecule has 0 aliphatic carbocycles. The van der Waals surface area contributed by atoms with Crippen LogP contribution in [0.4, 0.5) is 8.78 Å². The highest BCUT2D eigenvalue weighted by atomic mass is 19.3. The van der Waals surface area contributed by atoms with E-state index in [9.17, 15) is 18.4 Å². The lowest BCUT2D eigenvalue weighted by atomic mass is 10.1. The summed E-state index contributed by atoms with van der Waals surface area (Å²) < 4.78 is 34.4. The molecule has 2 aromatic rings. The Morgan fingerprint density at radius 3 is 2.81 bits per heavy atom. The van der Waals surface area contributed by atoms with E-state index in [0.717, 1.165) is 5.56 Å². The first-order valence-corrected chi connectivity index (χ1v) is 10.3. The van der Waals surface area contributed by atoms with Crippen LogP contribution in [0, 0.1) is 0 Å². The molecule has 0 radical (unpaired) electrons. The second kappa shape index (κ2) is 10.4. The number of halogens is 2. The molecule has 1 aromatic heterocycles. The van der Waals surface area contributed by atoms with Gasteiger partial charge in [0.05, 0.1) is 31.9 Å². The Morgan fingerprint density at radius 2 is 2.06 bits per heavy atom. The largest absolute Gasteiger partial charge is 0.383 e. The van der Waals surface area contributed by atoms with E-state index in [2.05, 4.69) is 15.6 Å². The van der Waals surface area contributed by atoms with Crippen LogP contribution in [0.5, 0.6) is 0 Å². The van der Waals surface area contributed by atoms with Gasteiger partial charge >= 0.3 is 0 Å². The Hall–Kier alpha value is -2.88. The quantitative estimate of drug-likeness (QED) is 0.576. The van der Waals surface area contributed by atoms with Gasteiger partial charge < -0.3 is 15.0 Å². The fraction of sp³-hybridized carbons (Fsp3) is 0.524. The molecule has 2 amide bonds. The van der Waals surface area contributed by atoms with Crippen molar-refractivity contribution in [1.82, 2.24) is 25.2 Å². The molecule has 168 valence electrons. The number of carbonyl (C=O) groups is 2. The zero-order valence-electron chi connectivity index (χ0n) is 17.5. The molecule has 1 fully saturated rings. The lowest BCUT2D eigenvalue weighted by Gasteiger charge is -2.23. The van der Waals surface area contributed by atoms with Crippen LogP contribution in [0.3, 0.4) is 0 Å². The predicted octanol–water partition coefficient (Wildman–Crippen LogP) is 1.91. The highest BCUT2D eigenvalue weighted by Crippen LogP contribution is 2.33. The number of hydrogen-bond acceptors (Lipinski definition) is 5. The van der Waals surface area contributed by atoms with Crippen LogP contribution in [-0.2, 0) is 22.5 Å². The second-order valence-corrected chi connectivity index (χ2v) is 7.65. The number of rotatable bonds is 10. The van der Waals surface area contributed by atoms with Gasteiger partial charge in [0.2, 0.25) is 5.91 Å². The van der Waals surface area contributed by atoms with Crippen LogP contribution in [0.25, 0.3) is 0 Å². The molecular weight excluding hydrogens is 408 g/mol. The van der Waals surface area contributed by atoms with Crippen LogP contribution >= 0.6 is 0 Å². The van der Waals surface area contributed by atoms with Crippen molar-refractivity contribution in [2.45, 2.75) is 44.2 Å². The van der Waals surface area contributed by atoms with E-state index in [1.165, 1.54) is 22.9 Å². The van der Waals surface area contributed by atoms with Gasteiger partial charge in [-0.2, -0.15) is 0 Å². The first kappa shape index (κ1) is 22.8. The maximum Gasteiger partial charge on any atom is 0.273 e. The van der Waals surface area contributed by atoms with E-state index in [0.29, 0.717) is 26.0 Å². The van der Waals surface area contributed by atoms with Crippen LogP contribution in [0.2, 0.25) is 0 Å². The monoisotopic (exact) mass is 435 g/mol. The topological polar surface area (TPSA) is 89.4 Å². The molecule has 1 atom stereocenters. The molecule has 31 heavy (non-hydrogen) atoms. The average molecular weight is 435 g/mol. The lowest BCUT2D eigenvalue weighted by molar-refractivity contribution is -0.133. The van der Waals surface area contributed by atoms with Crippen LogP contribution in [0.1, 0.15) is 35.3 Å². The van der Waals surface area contributed by atoms with Crippen LogP contribution in [0.15, 0.2) is 36.5 Å². The van der Waals surface area contributed by atoms with E-state index in [4.69, 9.17) is 4.74 Å². The third kappa shape index (κ3) is 6.55. The summed E-state index contributed by atoms with van der Waals surface area (Å²) in [4.78, 5) is 25.9. The van der Waals surface area contributed by atoms with Gasteiger partial charge in [-0.15, -0.1) is 5.10 Å². The number of carbonyl (C=O) groups excluding carboxylic acids is 2. The number of alkyl halides is 2. The van der Waals surface area contributed by atoms with Gasteiger partial charge in [0, 0.05) is 26.5 Å². The van der Waals surface area contributed by atoms with E-state index in [-0.39, 0.29) is 24.6 Å². The normalized spacial score (nSPS) is 17.6. The molecule has 1 saturated heterocycles. The van der Waals surface area contributed by atoms with E-state index in [1.807, 2.05) is 30.3 Å². The summed E-state index contributed by atoms with van der Waals surface area (Å²) in [7, 11) is 1.52. The van der Waals surface area contributed by atoms with Crippen molar-refractivity contribution in [3.05, 3.63) is 47.8 Å². The number of hydrogen-bond donors (Lipinski definition) is 1. The van der Waals surface area contributed by atoms with Gasteiger partial charge in [0.1, 0.15) is 0 Å². The van der Waals surface area contributed by atoms with Crippen molar-refractivity contribution in [2.24, 2.45) is 0 Å². The van der Waals surface area contributed by atoms with Gasteiger partial charge in [0.15, 0.2) is 5.69 Å². The SMILES string of the molecule is COCCNC(=O)c1cn(CC2CC(F)(F)CN2C(=O)CCCc2ccccc2)nn1. The molecule has 2 heterocycles. The summed E-state index contributed by atoms with van der Waals surface area (Å²) in [5.74, 6) is -3.66. The van der Waals surface area contributed by atoms with Gasteiger partial charge in [-0.25, -0.2) is 13.5 Å². The maximum atomic E-state index is 14.1. The molecule has 1 aliphatic heterocycles. The Morgan fingerprint density at radius 1 is 1.29 bits per heavy atom. The Balaban J connectivity index is 1.56. The average Bonchev–Trinajstić information content (AvgIpc) is 3.33. The predicted molar refractivity (Wildman–Crippen MR) is 109 cm³/mol. The summed E-state index contributed by atoms with van der Waals surface area (Å²) in [6, 6.07) is 9.03. The summed E-state index contributed by atoms with van der Waals surface area (Å²) in [5.41, 5.74) is 1.19. The van der Waals surface area contributed by atoms with E-state index >= 15 is 0 Å². The third-order valence-electron chi connectivity index (χ3n) is 5.16. The molecule has 1 aromatic carbocycles. The highest BCUT2D eigenvalue weighted by molar-refractivity contribution is 5.91. The summed E-state index contributed by atoms with van der Waals surface area (Å²) >= 11 is 0. The number of aromatic nitrogens is 3. The molecule has 1 N–H and O–H groups in total. The smallest absolute Gasteiger partial charge is 0.273 e. The standard InChI is InChI=1S/C21H27F2N5O3/c1-31-11-10-24-20(30)18-14-27(26-25-18)13-17-12-21(22,23)15-28(17)19(29)9-5-8-16-6-3-2-4-7-16/h2-4,6-7,14,17H,5,8-13,15H2,1H3,(H,24,30). The molecule has 1 aliphatic rings. The maximum absolute atomic E-state index is 14.1. The fourth-order valence-corrected chi connectivity index (χ4v) is 3.65. The molecule has 8 nitrogen and oxygen atoms in total. The number of aryl methyl sites for hydroxylation is 1. The molecule has 0 saturated carbocycles. The van der Waals surface area contributed by atoms with Gasteiger partial charge in [-0.05, 0) is 18.4 Å². The number of ether oxygens (including phenoxy) is 1. The van der Waals surface area contributed by atoms with Crippen molar-refractivity contribution >= 4 is 11.8 Å². The van der Waals surface area contributed by atoms with Gasteiger partial charge in [-0.1, -0.05) is 35.5 Å². The summed E-state index contributed by atoms with van der Waals surface area (Å²) in [5, 5.41) is 10.3. The first-order valence-electron chi connectivity index (χ1n) is 10.3. The van der Waals surface area contributed by atoms with Crippen molar-refractivity contribution < 1.29 is 23.1 Å². The first-order chi connectivity index (χ1) is 14.9. The molecular formula is C21H27F2N5O3. The van der Waals surface area contributed by atoms with Crippen molar-refractivity contribution in [1.29, 1.82) is 0 Å². The minimum Gasteiger partial charge on any atom is -0.383 e. The van der Waals surface area contributed by atoms with E-state index < -0.39 is 30.8 Å². The van der Waals surface area contributed by atoms with E-state index in [1.54, 1.807) is 0 Å². The van der Waals surface area contributed by atoms with Crippen molar-refractivity contribution in [3.8, 4) is 0 Å². The summed E-state index contributed by atoms with van der Waals surface area (Å²) in [6.07, 6.45) is 2.47. The Kier molecular flexibility index (Phi) is 7.67. The number of methoxy groups -OCH3 is 1. The minimum absolute atomic E-state index is 0.0539. The van der Waals surface area contributed by atoms with Crippen molar-refractivity contribution in [3.63, 3.8) is 0 Å². The van der Waals surface area contributed by atoms with Crippen molar-refractivity contribution in [2.75, 3.05) is 26.8 Å². The number of amides is 2. The van der Waals surface area contributed by atoms with Gasteiger partial charge in [-0.3, -0.25) is 9.59 Å². The number of benzene rings is 1. The second-order valence-electron chi connectivity index (χ2n) is 7.65. The highest BCUT2D eigenvalue weighted by Gasteiger charge is 2.46. The zero-order valence-corrected chi connectivity index (χ0v) is 17.5. The molecule has 0 spiro atoms. The lowest BCUT2D eigenvalue weighted by Crippen LogP contribution is -2.38.